The molecule has 1 amide bonds. The summed E-state index contributed by atoms with van der Waals surface area (Å²) in [7, 11) is -0.875. The molecule has 0 aliphatic heterocycles. The summed E-state index contributed by atoms with van der Waals surface area (Å²) in [4.78, 5) is 24.6. The third-order valence-electron chi connectivity index (χ3n) is 4.59. The number of hydrogen-bond donors (Lipinski definition) is 0. The predicted octanol–water partition coefficient (Wildman–Crippen LogP) is 1.77. The first-order valence-corrected chi connectivity index (χ1v) is 10.1. The van der Waals surface area contributed by atoms with E-state index in [1.54, 1.807) is 11.9 Å². The Morgan fingerprint density at radius 3 is 2.46 bits per heavy atom. The predicted molar refractivity (Wildman–Crippen MR) is 96.9 cm³/mol. The standard InChI is InChI=1S/C16H23N3O6S/c1-17(12-6-4-5-7-12)16(20)11-18(26(3,23)24)14-10-13(19(21)22)8-9-15(14)25-2/h8-10,12H,4-7,11H2,1-3H3. The minimum absolute atomic E-state index is 0.0302. The van der Waals surface area contributed by atoms with Crippen LogP contribution < -0.4 is 9.04 Å². The fourth-order valence-corrected chi connectivity index (χ4v) is 3.94. The Bertz CT molecular complexity index is 789. The monoisotopic (exact) mass is 385 g/mol. The van der Waals surface area contributed by atoms with Crippen LogP contribution in [0.25, 0.3) is 0 Å². The van der Waals surface area contributed by atoms with Gasteiger partial charge in [0.25, 0.3) is 5.69 Å². The Balaban J connectivity index is 2.37. The van der Waals surface area contributed by atoms with E-state index in [0.717, 1.165) is 42.3 Å². The molecule has 0 radical (unpaired) electrons. The minimum Gasteiger partial charge on any atom is -0.495 e. The summed E-state index contributed by atoms with van der Waals surface area (Å²) in [5.74, 6) is -0.228. The number of methoxy groups -OCH3 is 1. The van der Waals surface area contributed by atoms with E-state index in [4.69, 9.17) is 4.74 Å². The summed E-state index contributed by atoms with van der Waals surface area (Å²) < 4.78 is 30.6. The topological polar surface area (TPSA) is 110 Å². The lowest BCUT2D eigenvalue weighted by Crippen LogP contribution is -2.44. The van der Waals surface area contributed by atoms with Crippen molar-refractivity contribution in [3.8, 4) is 5.75 Å². The molecule has 1 saturated carbocycles. The Morgan fingerprint density at radius 2 is 1.96 bits per heavy atom. The summed E-state index contributed by atoms with van der Waals surface area (Å²) in [6, 6.07) is 3.73. The van der Waals surface area contributed by atoms with E-state index >= 15 is 0 Å². The van der Waals surface area contributed by atoms with Gasteiger partial charge in [-0.15, -0.1) is 0 Å². The number of amides is 1. The zero-order valence-corrected chi connectivity index (χ0v) is 15.9. The second kappa shape index (κ2) is 7.90. The van der Waals surface area contributed by atoms with Crippen LogP contribution in [-0.4, -0.2) is 57.1 Å². The highest BCUT2D eigenvalue weighted by atomic mass is 32.2. The number of benzene rings is 1. The zero-order valence-electron chi connectivity index (χ0n) is 15.0. The van der Waals surface area contributed by atoms with Crippen LogP contribution in [0.5, 0.6) is 5.75 Å². The van der Waals surface area contributed by atoms with Crippen LogP contribution in [0.3, 0.4) is 0 Å². The van der Waals surface area contributed by atoms with Gasteiger partial charge in [0.2, 0.25) is 15.9 Å². The molecule has 0 spiro atoms. The highest BCUT2D eigenvalue weighted by Crippen LogP contribution is 2.34. The molecule has 2 rings (SSSR count). The lowest BCUT2D eigenvalue weighted by Gasteiger charge is -2.29. The maximum Gasteiger partial charge on any atom is 0.271 e. The Morgan fingerprint density at radius 1 is 1.35 bits per heavy atom. The van der Waals surface area contributed by atoms with E-state index in [-0.39, 0.29) is 29.1 Å². The number of non-ortho nitro benzene ring substituents is 1. The van der Waals surface area contributed by atoms with Gasteiger partial charge in [-0.25, -0.2) is 8.42 Å². The molecule has 1 aliphatic carbocycles. The number of hydrogen-bond acceptors (Lipinski definition) is 6. The Kier molecular flexibility index (Phi) is 6.06. The van der Waals surface area contributed by atoms with Gasteiger partial charge in [-0.05, 0) is 18.9 Å². The smallest absolute Gasteiger partial charge is 0.271 e. The molecule has 26 heavy (non-hydrogen) atoms. The summed E-state index contributed by atoms with van der Waals surface area (Å²) in [6.07, 6.45) is 4.81. The molecule has 9 nitrogen and oxygen atoms in total. The van der Waals surface area contributed by atoms with Gasteiger partial charge in [-0.2, -0.15) is 0 Å². The summed E-state index contributed by atoms with van der Waals surface area (Å²) >= 11 is 0. The summed E-state index contributed by atoms with van der Waals surface area (Å²) in [6.45, 7) is -0.441. The molecule has 1 fully saturated rings. The summed E-state index contributed by atoms with van der Waals surface area (Å²) in [5, 5.41) is 11.1. The number of ether oxygens (including phenoxy) is 1. The molecule has 1 aliphatic rings. The molecule has 0 heterocycles. The number of nitrogens with zero attached hydrogens (tertiary/aromatic N) is 3. The van der Waals surface area contributed by atoms with Crippen LogP contribution in [0.4, 0.5) is 11.4 Å². The number of carbonyl (C=O) groups is 1. The minimum atomic E-state index is -3.86. The van der Waals surface area contributed by atoms with Gasteiger partial charge in [0.1, 0.15) is 18.0 Å². The van der Waals surface area contributed by atoms with Crippen molar-refractivity contribution < 1.29 is 22.9 Å². The number of nitro benzene ring substituents is 1. The highest BCUT2D eigenvalue weighted by Gasteiger charge is 2.30. The fourth-order valence-electron chi connectivity index (χ4n) is 3.10. The molecular formula is C16H23N3O6S. The van der Waals surface area contributed by atoms with Gasteiger partial charge in [0, 0.05) is 25.2 Å². The maximum absolute atomic E-state index is 12.6. The second-order valence-electron chi connectivity index (χ2n) is 6.33. The summed E-state index contributed by atoms with van der Waals surface area (Å²) in [5.41, 5.74) is -0.316. The molecular weight excluding hydrogens is 362 g/mol. The Labute approximate surface area is 152 Å². The Hall–Kier alpha value is -2.36. The molecule has 144 valence electrons. The molecule has 1 aromatic rings. The number of likely N-dealkylation sites (N-methyl/N-ethyl adjacent to an activating group) is 1. The van der Waals surface area contributed by atoms with Gasteiger partial charge in [-0.1, -0.05) is 12.8 Å². The van der Waals surface area contributed by atoms with E-state index in [9.17, 15) is 23.3 Å². The van der Waals surface area contributed by atoms with Gasteiger partial charge in [0.15, 0.2) is 0 Å². The van der Waals surface area contributed by atoms with Gasteiger partial charge >= 0.3 is 0 Å². The number of anilines is 1. The zero-order chi connectivity index (χ0) is 19.5. The molecule has 0 unspecified atom stereocenters. The molecule has 0 saturated heterocycles. The van der Waals surface area contributed by atoms with Crippen molar-refractivity contribution in [3.05, 3.63) is 28.3 Å². The third-order valence-corrected chi connectivity index (χ3v) is 5.71. The van der Waals surface area contributed by atoms with Crippen LogP contribution in [0.1, 0.15) is 25.7 Å². The van der Waals surface area contributed by atoms with Crippen LogP contribution >= 0.6 is 0 Å². The van der Waals surface area contributed by atoms with Crippen molar-refractivity contribution in [2.75, 3.05) is 31.3 Å². The lowest BCUT2D eigenvalue weighted by atomic mass is 10.2. The molecule has 10 heteroatoms. The van der Waals surface area contributed by atoms with E-state index < -0.39 is 21.5 Å². The lowest BCUT2D eigenvalue weighted by molar-refractivity contribution is -0.384. The third kappa shape index (κ3) is 4.43. The molecule has 1 aromatic carbocycles. The van der Waals surface area contributed by atoms with Crippen LogP contribution in [0.15, 0.2) is 18.2 Å². The van der Waals surface area contributed by atoms with Crippen molar-refractivity contribution >= 4 is 27.3 Å². The maximum atomic E-state index is 12.6. The van der Waals surface area contributed by atoms with Gasteiger partial charge in [-0.3, -0.25) is 19.2 Å². The first-order valence-electron chi connectivity index (χ1n) is 8.21. The van der Waals surface area contributed by atoms with E-state index in [0.29, 0.717) is 0 Å². The van der Waals surface area contributed by atoms with Crippen molar-refractivity contribution in [1.29, 1.82) is 0 Å². The normalized spacial score (nSPS) is 14.9. The van der Waals surface area contributed by atoms with Gasteiger partial charge < -0.3 is 9.64 Å². The first kappa shape index (κ1) is 20.0. The average molecular weight is 385 g/mol. The molecule has 0 N–H and O–H groups in total. The van der Waals surface area contributed by atoms with E-state index in [2.05, 4.69) is 0 Å². The van der Waals surface area contributed by atoms with Crippen LogP contribution in [0.2, 0.25) is 0 Å². The van der Waals surface area contributed by atoms with Crippen molar-refractivity contribution in [1.82, 2.24) is 4.90 Å². The quantitative estimate of drug-likeness (QED) is 0.522. The van der Waals surface area contributed by atoms with Crippen molar-refractivity contribution in [2.45, 2.75) is 31.7 Å². The number of nitro groups is 1. The van der Waals surface area contributed by atoms with Crippen molar-refractivity contribution in [3.63, 3.8) is 0 Å². The first-order chi connectivity index (χ1) is 12.1. The molecule has 0 aromatic heterocycles. The van der Waals surface area contributed by atoms with Crippen LogP contribution in [0, 0.1) is 10.1 Å². The second-order valence-corrected chi connectivity index (χ2v) is 8.23. The molecule has 0 bridgehead atoms. The molecule has 0 atom stereocenters. The number of sulfonamides is 1. The van der Waals surface area contributed by atoms with Crippen molar-refractivity contribution in [2.24, 2.45) is 0 Å². The highest BCUT2D eigenvalue weighted by molar-refractivity contribution is 7.92. The van der Waals surface area contributed by atoms with Gasteiger partial charge in [0.05, 0.1) is 18.3 Å². The van der Waals surface area contributed by atoms with E-state index in [1.807, 2.05) is 0 Å². The van der Waals surface area contributed by atoms with E-state index in [1.165, 1.54) is 19.2 Å². The SMILES string of the molecule is COc1ccc([N+](=O)[O-])cc1N(CC(=O)N(C)C1CCCC1)S(C)(=O)=O. The number of rotatable bonds is 7. The van der Waals surface area contributed by atoms with Crippen LogP contribution in [-0.2, 0) is 14.8 Å². The fraction of sp³-hybridized carbons (Fsp3) is 0.562. The number of carbonyl (C=O) groups excluding carboxylic acids is 1. The largest absolute Gasteiger partial charge is 0.495 e. The average Bonchev–Trinajstić information content (AvgIpc) is 3.11.